The Morgan fingerprint density at radius 1 is 1.22 bits per heavy atom. The van der Waals surface area contributed by atoms with Gasteiger partial charge in [0.15, 0.2) is 0 Å². The Hall–Kier alpha value is -2.50. The second-order valence-electron chi connectivity index (χ2n) is 3.95. The maximum absolute atomic E-state index is 11.9. The third kappa shape index (κ3) is 1.50. The van der Waals surface area contributed by atoms with Gasteiger partial charge >= 0.3 is 0 Å². The van der Waals surface area contributed by atoms with Crippen molar-refractivity contribution < 1.29 is 14.0 Å². The molecule has 6 heteroatoms. The summed E-state index contributed by atoms with van der Waals surface area (Å²) in [6, 6.07) is 6.86. The van der Waals surface area contributed by atoms with Gasteiger partial charge in [-0.05, 0) is 12.1 Å². The van der Waals surface area contributed by atoms with Crippen LogP contribution < -0.4 is 4.90 Å². The number of nitrogens with zero attached hydrogens (tertiary/aromatic N) is 3. The highest BCUT2D eigenvalue weighted by atomic mass is 16.4. The first kappa shape index (κ1) is 10.6. The van der Waals surface area contributed by atoms with Crippen LogP contribution in [0.5, 0.6) is 0 Å². The van der Waals surface area contributed by atoms with E-state index in [9.17, 15) is 9.59 Å². The highest BCUT2D eigenvalue weighted by Gasteiger charge is 2.36. The van der Waals surface area contributed by atoms with E-state index in [0.29, 0.717) is 23.0 Å². The van der Waals surface area contributed by atoms with Gasteiger partial charge in [-0.25, -0.2) is 0 Å². The predicted molar refractivity (Wildman–Crippen MR) is 61.0 cm³/mol. The minimum atomic E-state index is -0.563. The van der Waals surface area contributed by atoms with E-state index in [1.165, 1.54) is 4.90 Å². The Morgan fingerprint density at radius 2 is 2.00 bits per heavy atom. The Morgan fingerprint density at radius 3 is 2.72 bits per heavy atom. The molecular weight excluding hydrogens is 234 g/mol. The first-order chi connectivity index (χ1) is 8.66. The summed E-state index contributed by atoms with van der Waals surface area (Å²) in [6.45, 7) is 1.78. The SMILES string of the molecule is Cc1nnc(CN2C(=O)C(=O)c3ccccc32)o1. The van der Waals surface area contributed by atoms with Crippen LogP contribution in [-0.4, -0.2) is 21.9 Å². The number of aryl methyl sites for hydroxylation is 1. The van der Waals surface area contributed by atoms with Crippen LogP contribution in [0.15, 0.2) is 28.7 Å². The first-order valence-corrected chi connectivity index (χ1v) is 5.41. The molecule has 0 saturated heterocycles. The Labute approximate surface area is 102 Å². The van der Waals surface area contributed by atoms with Gasteiger partial charge in [-0.2, -0.15) is 0 Å². The predicted octanol–water partition coefficient (Wildman–Crippen LogP) is 1.11. The third-order valence-electron chi connectivity index (χ3n) is 2.74. The van der Waals surface area contributed by atoms with E-state index >= 15 is 0 Å². The molecule has 1 aliphatic heterocycles. The molecule has 0 fully saturated rings. The van der Waals surface area contributed by atoms with Gasteiger partial charge in [-0.3, -0.25) is 14.5 Å². The largest absolute Gasteiger partial charge is 0.424 e. The van der Waals surface area contributed by atoms with Gasteiger partial charge in [-0.1, -0.05) is 12.1 Å². The van der Waals surface area contributed by atoms with Crippen molar-refractivity contribution in [3.63, 3.8) is 0 Å². The topological polar surface area (TPSA) is 76.3 Å². The minimum Gasteiger partial charge on any atom is -0.424 e. The standard InChI is InChI=1S/C12H9N3O3/c1-7-13-14-10(18-7)6-15-9-5-3-2-4-8(9)11(16)12(15)17/h2-5H,6H2,1H3. The summed E-state index contributed by atoms with van der Waals surface area (Å²) in [5.41, 5.74) is 1.00. The highest BCUT2D eigenvalue weighted by molar-refractivity contribution is 6.52. The van der Waals surface area contributed by atoms with E-state index in [4.69, 9.17) is 4.42 Å². The van der Waals surface area contributed by atoms with Crippen LogP contribution in [0.4, 0.5) is 5.69 Å². The molecule has 90 valence electrons. The molecule has 2 heterocycles. The fraction of sp³-hybridized carbons (Fsp3) is 0.167. The number of ketones is 1. The number of anilines is 1. The monoisotopic (exact) mass is 243 g/mol. The van der Waals surface area contributed by atoms with Crippen LogP contribution in [0, 0.1) is 6.92 Å². The summed E-state index contributed by atoms with van der Waals surface area (Å²) in [5.74, 6) is -0.324. The zero-order valence-corrected chi connectivity index (χ0v) is 9.58. The molecule has 0 bridgehead atoms. The molecule has 1 aromatic heterocycles. The third-order valence-corrected chi connectivity index (χ3v) is 2.74. The second kappa shape index (κ2) is 3.76. The Kier molecular flexibility index (Phi) is 2.22. The van der Waals surface area contributed by atoms with Gasteiger partial charge in [0.25, 0.3) is 11.7 Å². The number of carbonyl (C=O) groups excluding carboxylic acids is 2. The van der Waals surface area contributed by atoms with Crippen molar-refractivity contribution in [3.8, 4) is 0 Å². The molecule has 6 nitrogen and oxygen atoms in total. The van der Waals surface area contributed by atoms with Crippen molar-refractivity contribution in [2.24, 2.45) is 0 Å². The van der Waals surface area contributed by atoms with Crippen LogP contribution in [-0.2, 0) is 11.3 Å². The van der Waals surface area contributed by atoms with Crippen molar-refractivity contribution in [2.75, 3.05) is 4.90 Å². The highest BCUT2D eigenvalue weighted by Crippen LogP contribution is 2.29. The molecule has 1 amide bonds. The molecule has 0 saturated carbocycles. The maximum atomic E-state index is 11.9. The fourth-order valence-corrected chi connectivity index (χ4v) is 1.94. The number of hydrogen-bond acceptors (Lipinski definition) is 5. The molecule has 0 spiro atoms. The fourth-order valence-electron chi connectivity index (χ4n) is 1.94. The molecule has 0 radical (unpaired) electrons. The second-order valence-corrected chi connectivity index (χ2v) is 3.95. The zero-order chi connectivity index (χ0) is 12.7. The lowest BCUT2D eigenvalue weighted by Crippen LogP contribution is -2.29. The zero-order valence-electron chi connectivity index (χ0n) is 9.58. The number of para-hydroxylation sites is 1. The van der Waals surface area contributed by atoms with Crippen LogP contribution in [0.2, 0.25) is 0 Å². The van der Waals surface area contributed by atoms with E-state index in [-0.39, 0.29) is 6.54 Å². The molecule has 3 rings (SSSR count). The van der Waals surface area contributed by atoms with Crippen LogP contribution >= 0.6 is 0 Å². The molecule has 1 aliphatic rings. The van der Waals surface area contributed by atoms with Crippen molar-refractivity contribution >= 4 is 17.4 Å². The van der Waals surface area contributed by atoms with Crippen LogP contribution in [0.25, 0.3) is 0 Å². The van der Waals surface area contributed by atoms with Crippen molar-refractivity contribution in [3.05, 3.63) is 41.6 Å². The number of fused-ring (bicyclic) bond motifs is 1. The minimum absolute atomic E-state index is 0.114. The molecule has 0 aliphatic carbocycles. The van der Waals surface area contributed by atoms with Crippen molar-refractivity contribution in [1.29, 1.82) is 0 Å². The summed E-state index contributed by atoms with van der Waals surface area (Å²) in [4.78, 5) is 25.0. The summed E-state index contributed by atoms with van der Waals surface area (Å²) in [6.07, 6.45) is 0. The van der Waals surface area contributed by atoms with E-state index < -0.39 is 11.7 Å². The van der Waals surface area contributed by atoms with E-state index in [1.807, 2.05) is 0 Å². The quantitative estimate of drug-likeness (QED) is 0.738. The molecular formula is C12H9N3O3. The molecule has 1 aromatic carbocycles. The van der Waals surface area contributed by atoms with E-state index in [2.05, 4.69) is 10.2 Å². The number of amides is 1. The number of carbonyl (C=O) groups is 2. The van der Waals surface area contributed by atoms with Gasteiger partial charge in [0.1, 0.15) is 6.54 Å². The van der Waals surface area contributed by atoms with E-state index in [1.54, 1.807) is 31.2 Å². The number of Topliss-reactive ketones (excluding diaryl/α,β-unsaturated/α-hetero) is 1. The Balaban J connectivity index is 1.98. The summed E-state index contributed by atoms with van der Waals surface area (Å²) in [7, 11) is 0. The summed E-state index contributed by atoms with van der Waals surface area (Å²) >= 11 is 0. The summed E-state index contributed by atoms with van der Waals surface area (Å²) in [5, 5.41) is 7.51. The van der Waals surface area contributed by atoms with Crippen LogP contribution in [0.1, 0.15) is 22.1 Å². The number of aromatic nitrogens is 2. The lowest BCUT2D eigenvalue weighted by atomic mass is 10.1. The van der Waals surface area contributed by atoms with Crippen molar-refractivity contribution in [1.82, 2.24) is 10.2 Å². The molecule has 18 heavy (non-hydrogen) atoms. The lowest BCUT2D eigenvalue weighted by Gasteiger charge is -2.13. The molecule has 0 unspecified atom stereocenters. The van der Waals surface area contributed by atoms with Crippen molar-refractivity contribution in [2.45, 2.75) is 13.5 Å². The first-order valence-electron chi connectivity index (χ1n) is 5.41. The maximum Gasteiger partial charge on any atom is 0.299 e. The van der Waals surface area contributed by atoms with Gasteiger partial charge in [0.2, 0.25) is 11.8 Å². The normalized spacial score (nSPS) is 14.2. The molecule has 2 aromatic rings. The van der Waals surface area contributed by atoms with E-state index in [0.717, 1.165) is 0 Å². The van der Waals surface area contributed by atoms with Gasteiger partial charge in [0, 0.05) is 6.92 Å². The number of hydrogen-bond donors (Lipinski definition) is 0. The van der Waals surface area contributed by atoms with Gasteiger partial charge in [-0.15, -0.1) is 10.2 Å². The number of rotatable bonds is 2. The lowest BCUT2D eigenvalue weighted by molar-refractivity contribution is -0.114. The smallest absolute Gasteiger partial charge is 0.299 e. The Bertz CT molecular complexity index is 648. The van der Waals surface area contributed by atoms with Gasteiger partial charge in [0.05, 0.1) is 11.3 Å². The average Bonchev–Trinajstić information content (AvgIpc) is 2.88. The van der Waals surface area contributed by atoms with Crippen LogP contribution in [0.3, 0.4) is 0 Å². The summed E-state index contributed by atoms with van der Waals surface area (Å²) < 4.78 is 5.22. The molecule has 0 atom stereocenters. The number of benzene rings is 1. The molecule has 0 N–H and O–H groups in total. The van der Waals surface area contributed by atoms with Gasteiger partial charge < -0.3 is 4.42 Å². The average molecular weight is 243 g/mol.